The maximum Gasteiger partial charge on any atom is 0.180 e. The number of nitrogens with two attached hydrogens (primary N) is 1. The Balaban J connectivity index is 2.00. The summed E-state index contributed by atoms with van der Waals surface area (Å²) < 4.78 is 6.95. The van der Waals surface area contributed by atoms with Crippen LogP contribution in [-0.4, -0.2) is 21.4 Å². The summed E-state index contributed by atoms with van der Waals surface area (Å²) in [6.07, 6.45) is 8.74. The SMILES string of the molecule is CN(Cc1ccoc1)c1nc(NN)cn2ccnc12. The monoisotopic (exact) mass is 258 g/mol. The van der Waals surface area contributed by atoms with Crippen molar-refractivity contribution in [2.24, 2.45) is 5.84 Å². The highest BCUT2D eigenvalue weighted by molar-refractivity contribution is 5.66. The van der Waals surface area contributed by atoms with Crippen molar-refractivity contribution in [3.63, 3.8) is 0 Å². The molecular weight excluding hydrogens is 244 g/mol. The van der Waals surface area contributed by atoms with Crippen molar-refractivity contribution in [1.29, 1.82) is 0 Å². The molecule has 0 aliphatic rings. The molecule has 7 nitrogen and oxygen atoms in total. The van der Waals surface area contributed by atoms with E-state index in [1.54, 1.807) is 24.9 Å². The van der Waals surface area contributed by atoms with Crippen LogP contribution in [0.1, 0.15) is 5.56 Å². The smallest absolute Gasteiger partial charge is 0.180 e. The molecule has 0 aliphatic carbocycles. The Morgan fingerprint density at radius 1 is 1.53 bits per heavy atom. The number of hydrazine groups is 1. The van der Waals surface area contributed by atoms with Gasteiger partial charge in [-0.25, -0.2) is 15.8 Å². The van der Waals surface area contributed by atoms with Crippen molar-refractivity contribution in [3.8, 4) is 0 Å². The molecule has 3 rings (SSSR count). The van der Waals surface area contributed by atoms with Crippen LogP contribution < -0.4 is 16.2 Å². The molecule has 0 spiro atoms. The average Bonchev–Trinajstić information content (AvgIpc) is 3.07. The largest absolute Gasteiger partial charge is 0.472 e. The summed E-state index contributed by atoms with van der Waals surface area (Å²) in [5, 5.41) is 0. The van der Waals surface area contributed by atoms with Gasteiger partial charge in [0.25, 0.3) is 0 Å². The van der Waals surface area contributed by atoms with Gasteiger partial charge in [0.2, 0.25) is 0 Å². The van der Waals surface area contributed by atoms with Crippen LogP contribution >= 0.6 is 0 Å². The van der Waals surface area contributed by atoms with Gasteiger partial charge < -0.3 is 19.1 Å². The first-order valence-corrected chi connectivity index (χ1v) is 5.80. The zero-order valence-electron chi connectivity index (χ0n) is 10.4. The highest BCUT2D eigenvalue weighted by Crippen LogP contribution is 2.20. The number of hydrogen-bond donors (Lipinski definition) is 2. The van der Waals surface area contributed by atoms with E-state index in [1.807, 2.05) is 28.6 Å². The van der Waals surface area contributed by atoms with Crippen LogP contribution in [0.3, 0.4) is 0 Å². The fourth-order valence-electron chi connectivity index (χ4n) is 1.97. The summed E-state index contributed by atoms with van der Waals surface area (Å²) in [4.78, 5) is 10.8. The zero-order valence-corrected chi connectivity index (χ0v) is 10.4. The molecule has 0 unspecified atom stereocenters. The number of aromatic nitrogens is 3. The Morgan fingerprint density at radius 2 is 2.42 bits per heavy atom. The highest BCUT2D eigenvalue weighted by atomic mass is 16.3. The third-order valence-electron chi connectivity index (χ3n) is 2.87. The minimum absolute atomic E-state index is 0.583. The van der Waals surface area contributed by atoms with E-state index in [0.29, 0.717) is 12.4 Å². The Labute approximate surface area is 109 Å². The van der Waals surface area contributed by atoms with Crippen molar-refractivity contribution in [2.75, 3.05) is 17.4 Å². The second-order valence-corrected chi connectivity index (χ2v) is 4.24. The van der Waals surface area contributed by atoms with Crippen LogP contribution in [0.15, 0.2) is 41.6 Å². The van der Waals surface area contributed by atoms with E-state index in [-0.39, 0.29) is 0 Å². The molecule has 98 valence electrons. The summed E-state index contributed by atoms with van der Waals surface area (Å²) in [6, 6.07) is 1.92. The quantitative estimate of drug-likeness (QED) is 0.541. The molecule has 0 fully saturated rings. The number of nitrogens with one attached hydrogen (secondary N) is 1. The van der Waals surface area contributed by atoms with E-state index in [2.05, 4.69) is 15.4 Å². The fraction of sp³-hybridized carbons (Fsp3) is 0.167. The second-order valence-electron chi connectivity index (χ2n) is 4.24. The molecule has 3 N–H and O–H groups in total. The number of rotatable bonds is 4. The standard InChI is InChI=1S/C12H14N6O/c1-17(6-9-2-5-19-8-9)12-11-14-3-4-18(11)7-10(15-12)16-13/h2-5,7-8,16H,6,13H2,1H3. The van der Waals surface area contributed by atoms with E-state index >= 15 is 0 Å². The zero-order chi connectivity index (χ0) is 13.2. The molecule has 0 saturated carbocycles. The maximum atomic E-state index is 5.43. The molecule has 3 aromatic heterocycles. The van der Waals surface area contributed by atoms with Gasteiger partial charge >= 0.3 is 0 Å². The molecule has 0 bridgehead atoms. The lowest BCUT2D eigenvalue weighted by molar-refractivity contribution is 0.563. The van der Waals surface area contributed by atoms with Gasteiger partial charge in [0, 0.05) is 31.5 Å². The third-order valence-corrected chi connectivity index (χ3v) is 2.87. The predicted octanol–water partition coefficient (Wildman–Crippen LogP) is 1.24. The lowest BCUT2D eigenvalue weighted by Crippen LogP contribution is -2.20. The van der Waals surface area contributed by atoms with E-state index < -0.39 is 0 Å². The molecule has 0 aromatic carbocycles. The molecule has 7 heteroatoms. The van der Waals surface area contributed by atoms with Crippen molar-refractivity contribution in [1.82, 2.24) is 14.4 Å². The molecule has 0 atom stereocenters. The van der Waals surface area contributed by atoms with Crippen LogP contribution in [0.4, 0.5) is 11.6 Å². The molecule has 0 saturated heterocycles. The molecule has 3 heterocycles. The third kappa shape index (κ3) is 2.11. The van der Waals surface area contributed by atoms with Crippen molar-refractivity contribution in [3.05, 3.63) is 42.7 Å². The Morgan fingerprint density at radius 3 is 3.16 bits per heavy atom. The van der Waals surface area contributed by atoms with Gasteiger partial charge in [-0.2, -0.15) is 0 Å². The molecule has 19 heavy (non-hydrogen) atoms. The average molecular weight is 258 g/mol. The van der Waals surface area contributed by atoms with Gasteiger partial charge in [0.1, 0.15) is 0 Å². The van der Waals surface area contributed by atoms with Gasteiger partial charge in [0.15, 0.2) is 17.3 Å². The number of nitrogens with zero attached hydrogens (tertiary/aromatic N) is 4. The summed E-state index contributed by atoms with van der Waals surface area (Å²) in [5.41, 5.74) is 4.41. The highest BCUT2D eigenvalue weighted by Gasteiger charge is 2.12. The molecular formula is C12H14N6O. The molecule has 3 aromatic rings. The summed E-state index contributed by atoms with van der Waals surface area (Å²) >= 11 is 0. The second kappa shape index (κ2) is 4.62. The van der Waals surface area contributed by atoms with E-state index in [4.69, 9.17) is 10.3 Å². The first-order chi connectivity index (χ1) is 9.28. The Kier molecular flexibility index (Phi) is 2.81. The fourth-order valence-corrected chi connectivity index (χ4v) is 1.97. The Bertz CT molecular complexity index is 675. The summed E-state index contributed by atoms with van der Waals surface area (Å²) in [6.45, 7) is 0.681. The summed E-state index contributed by atoms with van der Waals surface area (Å²) in [5.74, 6) is 6.77. The topological polar surface area (TPSA) is 84.6 Å². The number of hydrogen-bond acceptors (Lipinski definition) is 6. The van der Waals surface area contributed by atoms with Crippen molar-refractivity contribution in [2.45, 2.75) is 6.54 Å². The van der Waals surface area contributed by atoms with E-state index in [9.17, 15) is 0 Å². The van der Waals surface area contributed by atoms with Crippen LogP contribution in [0.25, 0.3) is 5.65 Å². The summed E-state index contributed by atoms with van der Waals surface area (Å²) in [7, 11) is 1.95. The molecule has 0 amide bonds. The van der Waals surface area contributed by atoms with E-state index in [1.165, 1.54) is 0 Å². The van der Waals surface area contributed by atoms with Crippen molar-refractivity contribution < 1.29 is 4.42 Å². The molecule has 0 radical (unpaired) electrons. The van der Waals surface area contributed by atoms with Gasteiger partial charge in [0.05, 0.1) is 18.7 Å². The van der Waals surface area contributed by atoms with Gasteiger partial charge in [-0.1, -0.05) is 0 Å². The van der Waals surface area contributed by atoms with Crippen LogP contribution in [0.5, 0.6) is 0 Å². The number of furan rings is 1. The van der Waals surface area contributed by atoms with Gasteiger partial charge in [-0.15, -0.1) is 0 Å². The van der Waals surface area contributed by atoms with Crippen LogP contribution in [0, 0.1) is 0 Å². The number of nitrogen functional groups attached to an aromatic ring is 1. The lowest BCUT2D eigenvalue weighted by atomic mass is 10.3. The molecule has 0 aliphatic heterocycles. The number of fused-ring (bicyclic) bond motifs is 1. The maximum absolute atomic E-state index is 5.43. The number of anilines is 2. The number of imidazole rings is 1. The van der Waals surface area contributed by atoms with Crippen LogP contribution in [0.2, 0.25) is 0 Å². The Hall–Kier alpha value is -2.54. The van der Waals surface area contributed by atoms with Gasteiger partial charge in [-0.3, -0.25) is 0 Å². The van der Waals surface area contributed by atoms with Crippen molar-refractivity contribution >= 4 is 17.3 Å². The van der Waals surface area contributed by atoms with E-state index in [0.717, 1.165) is 17.0 Å². The van der Waals surface area contributed by atoms with Gasteiger partial charge in [-0.05, 0) is 6.07 Å². The first-order valence-electron chi connectivity index (χ1n) is 5.80. The predicted molar refractivity (Wildman–Crippen MR) is 71.6 cm³/mol. The first kappa shape index (κ1) is 11.5. The normalized spacial score (nSPS) is 10.8. The lowest BCUT2D eigenvalue weighted by Gasteiger charge is -2.18. The minimum atomic E-state index is 0.583. The van der Waals surface area contributed by atoms with Crippen LogP contribution in [-0.2, 0) is 6.54 Å². The minimum Gasteiger partial charge on any atom is -0.472 e.